The van der Waals surface area contributed by atoms with Crippen molar-refractivity contribution in [2.75, 3.05) is 16.6 Å². The molecule has 2 N–H and O–H groups in total. The fourth-order valence-electron chi connectivity index (χ4n) is 2.90. The molecule has 166 valence electrons. The minimum absolute atomic E-state index is 0.138. The van der Waals surface area contributed by atoms with Crippen molar-refractivity contribution in [2.45, 2.75) is 25.7 Å². The lowest BCUT2D eigenvalue weighted by Crippen LogP contribution is -2.16. The number of hydrogen-bond acceptors (Lipinski definition) is 5. The van der Waals surface area contributed by atoms with Gasteiger partial charge in [0.25, 0.3) is 15.9 Å². The molecule has 0 aliphatic rings. The van der Waals surface area contributed by atoms with Crippen molar-refractivity contribution < 1.29 is 22.7 Å². The molecule has 0 saturated heterocycles. The number of hydrogen-bond donors (Lipinski definition) is 2. The fourth-order valence-corrected chi connectivity index (χ4v) is 4.02. The zero-order valence-electron chi connectivity index (χ0n) is 18.0. The fraction of sp³-hybridized carbons (Fsp3) is 0.167. The maximum atomic E-state index is 12.7. The van der Waals surface area contributed by atoms with Crippen LogP contribution in [0.4, 0.5) is 11.4 Å². The van der Waals surface area contributed by atoms with Crippen LogP contribution in [0, 0.1) is 13.8 Å². The predicted octanol–water partition coefficient (Wildman–Crippen LogP) is 4.53. The number of aryl methyl sites for hydroxylation is 2. The topological polar surface area (TPSA) is 102 Å². The number of carbonyl (C=O) groups is 2. The van der Waals surface area contributed by atoms with Crippen molar-refractivity contribution in [3.05, 3.63) is 89.0 Å². The molecule has 8 heteroatoms. The lowest BCUT2D eigenvalue weighted by molar-refractivity contribution is 0.0526. The van der Waals surface area contributed by atoms with Crippen LogP contribution in [-0.4, -0.2) is 26.9 Å². The molecule has 7 nitrogen and oxygen atoms in total. The van der Waals surface area contributed by atoms with E-state index in [1.807, 2.05) is 6.92 Å². The van der Waals surface area contributed by atoms with Gasteiger partial charge in [-0.2, -0.15) is 0 Å². The highest BCUT2D eigenvalue weighted by Crippen LogP contribution is 2.22. The van der Waals surface area contributed by atoms with Gasteiger partial charge in [-0.25, -0.2) is 13.2 Å². The molecule has 3 rings (SSSR count). The van der Waals surface area contributed by atoms with Gasteiger partial charge in [0.2, 0.25) is 0 Å². The van der Waals surface area contributed by atoms with E-state index in [-0.39, 0.29) is 17.1 Å². The van der Waals surface area contributed by atoms with Gasteiger partial charge in [-0.05, 0) is 74.9 Å². The minimum Gasteiger partial charge on any atom is -0.462 e. The Balaban J connectivity index is 1.76. The third-order valence-corrected chi connectivity index (χ3v) is 6.11. The van der Waals surface area contributed by atoms with Crippen molar-refractivity contribution in [1.29, 1.82) is 0 Å². The van der Waals surface area contributed by atoms with Crippen LogP contribution >= 0.6 is 0 Å². The summed E-state index contributed by atoms with van der Waals surface area (Å²) in [6.07, 6.45) is 0. The first-order valence-electron chi connectivity index (χ1n) is 9.98. The number of amides is 1. The first-order chi connectivity index (χ1) is 15.2. The number of rotatable bonds is 7. The Labute approximate surface area is 187 Å². The highest BCUT2D eigenvalue weighted by molar-refractivity contribution is 7.92. The predicted molar refractivity (Wildman–Crippen MR) is 124 cm³/mol. The molecule has 0 fully saturated rings. The number of esters is 1. The van der Waals surface area contributed by atoms with Gasteiger partial charge in [-0.15, -0.1) is 0 Å². The van der Waals surface area contributed by atoms with Gasteiger partial charge in [0, 0.05) is 11.3 Å². The molecule has 0 heterocycles. The van der Waals surface area contributed by atoms with E-state index in [9.17, 15) is 18.0 Å². The van der Waals surface area contributed by atoms with Crippen LogP contribution in [0.25, 0.3) is 0 Å². The van der Waals surface area contributed by atoms with Gasteiger partial charge in [-0.3, -0.25) is 9.52 Å². The summed E-state index contributed by atoms with van der Waals surface area (Å²) in [6, 6.07) is 17.6. The van der Waals surface area contributed by atoms with Gasteiger partial charge < -0.3 is 10.1 Å². The Kier molecular flexibility index (Phi) is 6.95. The van der Waals surface area contributed by atoms with Crippen LogP contribution in [0.15, 0.2) is 71.6 Å². The first-order valence-corrected chi connectivity index (χ1v) is 11.5. The summed E-state index contributed by atoms with van der Waals surface area (Å²) < 4.78 is 32.9. The zero-order valence-corrected chi connectivity index (χ0v) is 18.8. The van der Waals surface area contributed by atoms with E-state index >= 15 is 0 Å². The van der Waals surface area contributed by atoms with Gasteiger partial charge in [0.05, 0.1) is 22.8 Å². The van der Waals surface area contributed by atoms with E-state index in [1.54, 1.807) is 62.4 Å². The summed E-state index contributed by atoms with van der Waals surface area (Å²) in [6.45, 7) is 5.63. The van der Waals surface area contributed by atoms with Crippen molar-refractivity contribution in [1.82, 2.24) is 0 Å². The molecule has 0 aliphatic carbocycles. The molecular weight excluding hydrogens is 428 g/mol. The second kappa shape index (κ2) is 9.65. The Bertz CT molecular complexity index is 1230. The van der Waals surface area contributed by atoms with Crippen LogP contribution in [-0.2, 0) is 14.8 Å². The number of ether oxygens (including phenoxy) is 1. The standard InChI is InChI=1S/C24H24N2O5S/c1-4-31-24(28)18-9-11-20(12-10-18)25-23(27)19-8-7-17(3)22(15-19)26-32(29,30)21-13-5-16(2)6-14-21/h5-15,26H,4H2,1-3H3,(H,25,27). The van der Waals surface area contributed by atoms with Gasteiger partial charge in [0.15, 0.2) is 0 Å². The molecule has 0 aromatic heterocycles. The van der Waals surface area contributed by atoms with Crippen molar-refractivity contribution in [3.63, 3.8) is 0 Å². The molecule has 1 amide bonds. The molecule has 0 saturated carbocycles. The summed E-state index contributed by atoms with van der Waals surface area (Å²) in [5.41, 5.74) is 3.10. The average Bonchev–Trinajstić information content (AvgIpc) is 2.76. The second-order valence-electron chi connectivity index (χ2n) is 7.20. The summed E-state index contributed by atoms with van der Waals surface area (Å²) in [4.78, 5) is 24.6. The maximum Gasteiger partial charge on any atom is 0.338 e. The molecule has 0 atom stereocenters. The maximum absolute atomic E-state index is 12.7. The van der Waals surface area contributed by atoms with Gasteiger partial charge >= 0.3 is 5.97 Å². The van der Waals surface area contributed by atoms with Crippen LogP contribution in [0.3, 0.4) is 0 Å². The number of benzene rings is 3. The molecule has 0 aliphatic heterocycles. The Morgan fingerprint density at radius 2 is 1.50 bits per heavy atom. The molecule has 3 aromatic carbocycles. The molecule has 0 radical (unpaired) electrons. The number of carbonyl (C=O) groups excluding carboxylic acids is 2. The Hall–Kier alpha value is -3.65. The van der Waals surface area contributed by atoms with E-state index in [4.69, 9.17) is 4.74 Å². The molecule has 0 spiro atoms. The normalized spacial score (nSPS) is 11.0. The summed E-state index contributed by atoms with van der Waals surface area (Å²) in [7, 11) is -3.80. The SMILES string of the molecule is CCOC(=O)c1ccc(NC(=O)c2ccc(C)c(NS(=O)(=O)c3ccc(C)cc3)c2)cc1. The molecule has 3 aromatic rings. The minimum atomic E-state index is -3.80. The van der Waals surface area contributed by atoms with Crippen LogP contribution in [0.2, 0.25) is 0 Å². The third-order valence-electron chi connectivity index (χ3n) is 4.73. The van der Waals surface area contributed by atoms with E-state index in [0.717, 1.165) is 5.56 Å². The zero-order chi connectivity index (χ0) is 23.3. The lowest BCUT2D eigenvalue weighted by Gasteiger charge is -2.13. The lowest BCUT2D eigenvalue weighted by atomic mass is 10.1. The number of nitrogens with one attached hydrogen (secondary N) is 2. The Morgan fingerprint density at radius 3 is 2.12 bits per heavy atom. The molecule has 0 bridgehead atoms. The van der Waals surface area contributed by atoms with Gasteiger partial charge in [-0.1, -0.05) is 23.8 Å². The highest BCUT2D eigenvalue weighted by atomic mass is 32.2. The quantitative estimate of drug-likeness (QED) is 0.513. The van der Waals surface area contributed by atoms with Crippen molar-refractivity contribution in [3.8, 4) is 0 Å². The van der Waals surface area contributed by atoms with Crippen molar-refractivity contribution in [2.24, 2.45) is 0 Å². The number of anilines is 2. The smallest absolute Gasteiger partial charge is 0.338 e. The summed E-state index contributed by atoms with van der Waals surface area (Å²) in [5.74, 6) is -0.848. The average molecular weight is 453 g/mol. The number of sulfonamides is 1. The molecule has 0 unspecified atom stereocenters. The Morgan fingerprint density at radius 1 is 0.875 bits per heavy atom. The second-order valence-corrected chi connectivity index (χ2v) is 8.88. The largest absolute Gasteiger partial charge is 0.462 e. The van der Waals surface area contributed by atoms with E-state index in [0.29, 0.717) is 22.5 Å². The van der Waals surface area contributed by atoms with Crippen LogP contribution < -0.4 is 10.0 Å². The monoisotopic (exact) mass is 452 g/mol. The van der Waals surface area contributed by atoms with Gasteiger partial charge in [0.1, 0.15) is 0 Å². The van der Waals surface area contributed by atoms with Crippen molar-refractivity contribution >= 4 is 33.3 Å². The molecule has 32 heavy (non-hydrogen) atoms. The summed E-state index contributed by atoms with van der Waals surface area (Å²) in [5, 5.41) is 2.74. The third kappa shape index (κ3) is 5.53. The summed E-state index contributed by atoms with van der Waals surface area (Å²) >= 11 is 0. The van der Waals surface area contributed by atoms with E-state index in [1.165, 1.54) is 18.2 Å². The van der Waals surface area contributed by atoms with Crippen LogP contribution in [0.5, 0.6) is 0 Å². The van der Waals surface area contributed by atoms with Crippen LogP contribution in [0.1, 0.15) is 38.8 Å². The first kappa shape index (κ1) is 23.0. The molecular formula is C24H24N2O5S. The van der Waals surface area contributed by atoms with E-state index in [2.05, 4.69) is 10.0 Å². The highest BCUT2D eigenvalue weighted by Gasteiger charge is 2.17. The van der Waals surface area contributed by atoms with E-state index < -0.39 is 21.9 Å².